The predicted octanol–water partition coefficient (Wildman–Crippen LogP) is 1.06. The highest BCUT2D eigenvalue weighted by molar-refractivity contribution is 5.94. The highest BCUT2D eigenvalue weighted by Gasteiger charge is 2.23. The fourth-order valence-electron chi connectivity index (χ4n) is 1.94. The lowest BCUT2D eigenvalue weighted by Gasteiger charge is -2.13. The molecule has 0 aliphatic carbocycles. The van der Waals surface area contributed by atoms with E-state index in [0.717, 1.165) is 17.1 Å². The Morgan fingerprint density at radius 1 is 1.35 bits per heavy atom. The molecule has 1 aromatic carbocycles. The first-order valence-electron chi connectivity index (χ1n) is 6.06. The number of ether oxygens (including phenoxy) is 3. The summed E-state index contributed by atoms with van der Waals surface area (Å²) < 4.78 is 15.1. The Morgan fingerprint density at radius 3 is 2.80 bits per heavy atom. The summed E-state index contributed by atoms with van der Waals surface area (Å²) in [6.45, 7) is 0.558. The lowest BCUT2D eigenvalue weighted by Crippen LogP contribution is -2.37. The van der Waals surface area contributed by atoms with Gasteiger partial charge in [-0.3, -0.25) is 5.32 Å². The van der Waals surface area contributed by atoms with Crippen molar-refractivity contribution in [1.29, 1.82) is 0 Å². The van der Waals surface area contributed by atoms with Crippen molar-refractivity contribution in [2.24, 2.45) is 4.99 Å². The lowest BCUT2D eigenvalue weighted by atomic mass is 10.1. The average Bonchev–Trinajstić information content (AvgIpc) is 2.94. The first kappa shape index (κ1) is 14.0. The SMILES string of the molecule is COC(=O)NC1=NC(c2cc(OC)ccc2OC)CN1. The van der Waals surface area contributed by atoms with E-state index in [1.165, 1.54) is 7.11 Å². The number of nitrogens with zero attached hydrogens (tertiary/aromatic N) is 1. The number of carbonyl (C=O) groups excluding carboxylic acids is 1. The van der Waals surface area contributed by atoms with E-state index < -0.39 is 6.09 Å². The zero-order valence-corrected chi connectivity index (χ0v) is 11.6. The molecule has 0 spiro atoms. The van der Waals surface area contributed by atoms with E-state index in [0.29, 0.717) is 12.5 Å². The van der Waals surface area contributed by atoms with Crippen LogP contribution in [0.4, 0.5) is 4.79 Å². The molecule has 0 fully saturated rings. The van der Waals surface area contributed by atoms with Gasteiger partial charge < -0.3 is 19.5 Å². The molecule has 1 aliphatic rings. The van der Waals surface area contributed by atoms with E-state index in [4.69, 9.17) is 9.47 Å². The molecule has 1 aliphatic heterocycles. The molecule has 1 unspecified atom stereocenters. The van der Waals surface area contributed by atoms with Crippen LogP contribution < -0.4 is 20.1 Å². The van der Waals surface area contributed by atoms with Gasteiger partial charge in [-0.15, -0.1) is 0 Å². The number of amides is 1. The van der Waals surface area contributed by atoms with Gasteiger partial charge in [0.05, 0.1) is 27.4 Å². The maximum Gasteiger partial charge on any atom is 0.413 e. The van der Waals surface area contributed by atoms with Gasteiger partial charge in [0, 0.05) is 12.1 Å². The van der Waals surface area contributed by atoms with Crippen LogP contribution >= 0.6 is 0 Å². The van der Waals surface area contributed by atoms with E-state index in [-0.39, 0.29) is 6.04 Å². The molecule has 2 rings (SSSR count). The molecule has 0 radical (unpaired) electrons. The topological polar surface area (TPSA) is 81.2 Å². The number of rotatable bonds is 3. The third-order valence-corrected chi connectivity index (χ3v) is 2.95. The standard InChI is InChI=1S/C13H17N3O4/c1-18-8-4-5-11(19-2)9(6-8)10-7-14-12(15-10)16-13(17)20-3/h4-6,10H,7H2,1-3H3,(H2,14,15,16,17). The Labute approximate surface area is 116 Å². The molecule has 1 heterocycles. The second kappa shape index (κ2) is 6.14. The Morgan fingerprint density at radius 2 is 2.15 bits per heavy atom. The smallest absolute Gasteiger partial charge is 0.413 e. The monoisotopic (exact) mass is 279 g/mol. The minimum Gasteiger partial charge on any atom is -0.497 e. The van der Waals surface area contributed by atoms with Gasteiger partial charge in [-0.1, -0.05) is 0 Å². The van der Waals surface area contributed by atoms with Crippen LogP contribution in [0.15, 0.2) is 23.2 Å². The van der Waals surface area contributed by atoms with Crippen molar-refractivity contribution < 1.29 is 19.0 Å². The Kier molecular flexibility index (Phi) is 4.29. The van der Waals surface area contributed by atoms with Gasteiger partial charge in [0.2, 0.25) is 5.96 Å². The zero-order chi connectivity index (χ0) is 14.5. The van der Waals surface area contributed by atoms with Gasteiger partial charge in [-0.2, -0.15) is 0 Å². The highest BCUT2D eigenvalue weighted by atomic mass is 16.5. The van der Waals surface area contributed by atoms with Crippen molar-refractivity contribution in [3.63, 3.8) is 0 Å². The molecule has 0 aromatic heterocycles. The van der Waals surface area contributed by atoms with Crippen LogP contribution in [0.2, 0.25) is 0 Å². The number of aliphatic imine (C=N–C) groups is 1. The fourth-order valence-corrected chi connectivity index (χ4v) is 1.94. The van der Waals surface area contributed by atoms with Crippen molar-refractivity contribution in [3.8, 4) is 11.5 Å². The van der Waals surface area contributed by atoms with Crippen LogP contribution in [-0.2, 0) is 4.74 Å². The highest BCUT2D eigenvalue weighted by Crippen LogP contribution is 2.32. The molecule has 20 heavy (non-hydrogen) atoms. The molecule has 1 amide bonds. The number of alkyl carbamates (subject to hydrolysis) is 1. The number of hydrogen-bond donors (Lipinski definition) is 2. The summed E-state index contributed by atoms with van der Waals surface area (Å²) in [5.41, 5.74) is 0.890. The van der Waals surface area contributed by atoms with E-state index in [1.807, 2.05) is 18.2 Å². The summed E-state index contributed by atoms with van der Waals surface area (Å²) in [5, 5.41) is 5.50. The zero-order valence-electron chi connectivity index (χ0n) is 11.6. The summed E-state index contributed by atoms with van der Waals surface area (Å²) in [7, 11) is 4.50. The first-order chi connectivity index (χ1) is 9.67. The van der Waals surface area contributed by atoms with Crippen molar-refractivity contribution in [1.82, 2.24) is 10.6 Å². The summed E-state index contributed by atoms with van der Waals surface area (Å²) in [6.07, 6.45) is -0.561. The van der Waals surface area contributed by atoms with Crippen LogP contribution in [0.5, 0.6) is 11.5 Å². The summed E-state index contributed by atoms with van der Waals surface area (Å²) in [4.78, 5) is 15.5. The molecule has 0 saturated carbocycles. The number of hydrogen-bond acceptors (Lipinski definition) is 6. The van der Waals surface area contributed by atoms with Crippen LogP contribution in [-0.4, -0.2) is 39.9 Å². The molecular weight excluding hydrogens is 262 g/mol. The Bertz CT molecular complexity index is 530. The van der Waals surface area contributed by atoms with Gasteiger partial charge in [0.25, 0.3) is 0 Å². The summed E-state index contributed by atoms with van der Waals surface area (Å²) >= 11 is 0. The lowest BCUT2D eigenvalue weighted by molar-refractivity contribution is 0.176. The van der Waals surface area contributed by atoms with Crippen LogP contribution in [0.25, 0.3) is 0 Å². The number of methoxy groups -OCH3 is 3. The molecule has 7 heteroatoms. The van der Waals surface area contributed by atoms with Crippen molar-refractivity contribution in [2.75, 3.05) is 27.9 Å². The molecule has 1 atom stereocenters. The fraction of sp³-hybridized carbons (Fsp3) is 0.385. The quantitative estimate of drug-likeness (QED) is 0.864. The summed E-state index contributed by atoms with van der Waals surface area (Å²) in [6, 6.07) is 5.36. The molecule has 0 bridgehead atoms. The predicted molar refractivity (Wildman–Crippen MR) is 73.3 cm³/mol. The van der Waals surface area contributed by atoms with Crippen LogP contribution in [0.3, 0.4) is 0 Å². The van der Waals surface area contributed by atoms with Crippen LogP contribution in [0, 0.1) is 0 Å². The molecule has 0 saturated heterocycles. The van der Waals surface area contributed by atoms with E-state index >= 15 is 0 Å². The Hall–Kier alpha value is -2.44. The summed E-state index contributed by atoms with van der Waals surface area (Å²) in [5.74, 6) is 1.83. The largest absolute Gasteiger partial charge is 0.497 e. The molecule has 2 N–H and O–H groups in total. The van der Waals surface area contributed by atoms with E-state index in [1.54, 1.807) is 14.2 Å². The first-order valence-corrected chi connectivity index (χ1v) is 6.06. The van der Waals surface area contributed by atoms with E-state index in [2.05, 4.69) is 20.4 Å². The van der Waals surface area contributed by atoms with Gasteiger partial charge in [-0.25, -0.2) is 9.79 Å². The van der Waals surface area contributed by atoms with Crippen molar-refractivity contribution in [2.45, 2.75) is 6.04 Å². The Balaban J connectivity index is 2.21. The molecule has 7 nitrogen and oxygen atoms in total. The molecule has 108 valence electrons. The van der Waals surface area contributed by atoms with Crippen molar-refractivity contribution in [3.05, 3.63) is 23.8 Å². The normalized spacial score (nSPS) is 16.9. The number of guanidine groups is 1. The number of benzene rings is 1. The number of nitrogens with one attached hydrogen (secondary N) is 2. The van der Waals surface area contributed by atoms with Gasteiger partial charge in [0.1, 0.15) is 11.5 Å². The second-order valence-electron chi connectivity index (χ2n) is 4.10. The maximum absolute atomic E-state index is 11.1. The van der Waals surface area contributed by atoms with Crippen molar-refractivity contribution >= 4 is 12.1 Å². The van der Waals surface area contributed by atoms with Crippen LogP contribution in [0.1, 0.15) is 11.6 Å². The van der Waals surface area contributed by atoms with Gasteiger partial charge in [-0.05, 0) is 18.2 Å². The minimum atomic E-state index is -0.561. The second-order valence-corrected chi connectivity index (χ2v) is 4.10. The minimum absolute atomic E-state index is 0.160. The molecule has 1 aromatic rings. The molecular formula is C13H17N3O4. The third-order valence-electron chi connectivity index (χ3n) is 2.95. The third kappa shape index (κ3) is 2.93. The average molecular weight is 279 g/mol. The van der Waals surface area contributed by atoms with Gasteiger partial charge >= 0.3 is 6.09 Å². The van der Waals surface area contributed by atoms with E-state index in [9.17, 15) is 4.79 Å². The number of carbonyl (C=O) groups is 1. The maximum atomic E-state index is 11.1. The van der Waals surface area contributed by atoms with Gasteiger partial charge in [0.15, 0.2) is 0 Å².